The van der Waals surface area contributed by atoms with E-state index < -0.39 is 0 Å². The van der Waals surface area contributed by atoms with Crippen LogP contribution in [0.2, 0.25) is 0 Å². The fraction of sp³-hybridized carbons (Fsp3) is 0.286. The zero-order valence-electron chi connectivity index (χ0n) is 15.1. The molecule has 0 aliphatic carbocycles. The first-order valence-electron chi connectivity index (χ1n) is 9.08. The van der Waals surface area contributed by atoms with Crippen LogP contribution in [0.3, 0.4) is 0 Å². The predicted molar refractivity (Wildman–Crippen MR) is 99.7 cm³/mol. The maximum atomic E-state index is 13.1. The molecule has 2 heterocycles. The summed E-state index contributed by atoms with van der Waals surface area (Å²) >= 11 is 0. The lowest BCUT2D eigenvalue weighted by atomic mass is 10.1. The second kappa shape index (κ2) is 7.04. The third-order valence-electron chi connectivity index (χ3n) is 5.23. The summed E-state index contributed by atoms with van der Waals surface area (Å²) in [4.78, 5) is 15.5. The number of hydrogen-bond acceptors (Lipinski definition) is 4. The second-order valence-electron chi connectivity index (χ2n) is 7.09. The van der Waals surface area contributed by atoms with Gasteiger partial charge in [0.2, 0.25) is 0 Å². The molecular weight excluding hydrogens is 347 g/mol. The zero-order chi connectivity index (χ0) is 19.0. The summed E-state index contributed by atoms with van der Waals surface area (Å²) in [6, 6.07) is 11.3. The molecule has 140 valence electrons. The minimum atomic E-state index is -0.389. The topological polar surface area (TPSA) is 61.0 Å². The molecule has 1 aromatic heterocycles. The maximum Gasteiger partial charge on any atom is 0.336 e. The number of piperazine rings is 1. The minimum Gasteiger partial charge on any atom is -0.872 e. The molecule has 0 atom stereocenters. The summed E-state index contributed by atoms with van der Waals surface area (Å²) in [7, 11) is 0. The van der Waals surface area contributed by atoms with Crippen LogP contribution in [0.25, 0.3) is 11.0 Å². The van der Waals surface area contributed by atoms with Crippen LogP contribution in [0.1, 0.15) is 11.1 Å². The summed E-state index contributed by atoms with van der Waals surface area (Å²) in [5.74, 6) is -0.278. The molecule has 4 rings (SSSR count). The van der Waals surface area contributed by atoms with Crippen molar-refractivity contribution in [2.75, 3.05) is 31.1 Å². The van der Waals surface area contributed by atoms with Crippen molar-refractivity contribution in [1.29, 1.82) is 0 Å². The first-order valence-corrected chi connectivity index (χ1v) is 9.08. The van der Waals surface area contributed by atoms with E-state index in [2.05, 4.69) is 4.90 Å². The highest BCUT2D eigenvalue weighted by molar-refractivity contribution is 5.82. The van der Waals surface area contributed by atoms with E-state index >= 15 is 0 Å². The Hall–Kier alpha value is -2.86. The minimum absolute atomic E-state index is 0.0475. The lowest BCUT2D eigenvalue weighted by molar-refractivity contribution is -0.914. The molecule has 1 aliphatic heterocycles. The van der Waals surface area contributed by atoms with Gasteiger partial charge in [0.25, 0.3) is 0 Å². The standard InChI is InChI=1S/C21H21FN2O3/c1-14-10-20-18(12-19(14)25)15(11-21(26)27-20)13-23-6-8-24(9-7-23)17-4-2-16(22)3-5-17/h2-5,10-12,25H,6-9,13H2,1H3. The molecule has 0 amide bonds. The van der Waals surface area contributed by atoms with Gasteiger partial charge in [-0.1, -0.05) is 11.6 Å². The quantitative estimate of drug-likeness (QED) is 0.707. The third kappa shape index (κ3) is 3.66. The molecule has 2 aromatic carbocycles. The van der Waals surface area contributed by atoms with Gasteiger partial charge >= 0.3 is 5.63 Å². The van der Waals surface area contributed by atoms with Gasteiger partial charge in [0.15, 0.2) is 0 Å². The van der Waals surface area contributed by atoms with E-state index in [4.69, 9.17) is 4.42 Å². The van der Waals surface area contributed by atoms with Crippen LogP contribution in [0.5, 0.6) is 5.75 Å². The Morgan fingerprint density at radius 2 is 1.85 bits per heavy atom. The van der Waals surface area contributed by atoms with E-state index in [1.54, 1.807) is 31.2 Å². The largest absolute Gasteiger partial charge is 0.872 e. The van der Waals surface area contributed by atoms with Crippen molar-refractivity contribution in [2.45, 2.75) is 13.5 Å². The van der Waals surface area contributed by atoms with Crippen LogP contribution in [0.4, 0.5) is 10.1 Å². The average molecular weight is 368 g/mol. The van der Waals surface area contributed by atoms with Crippen molar-refractivity contribution in [3.05, 3.63) is 69.8 Å². The molecule has 6 heteroatoms. The van der Waals surface area contributed by atoms with Crippen molar-refractivity contribution < 1.29 is 18.8 Å². The van der Waals surface area contributed by atoms with Gasteiger partial charge < -0.3 is 19.3 Å². The molecule has 1 fully saturated rings. The van der Waals surface area contributed by atoms with Gasteiger partial charge in [0, 0.05) is 22.7 Å². The van der Waals surface area contributed by atoms with Crippen LogP contribution in [0.15, 0.2) is 51.7 Å². The second-order valence-corrected chi connectivity index (χ2v) is 7.09. The summed E-state index contributed by atoms with van der Waals surface area (Å²) in [5, 5.41) is 12.7. The lowest BCUT2D eigenvalue weighted by Gasteiger charge is -2.33. The number of anilines is 1. The lowest BCUT2D eigenvalue weighted by Crippen LogP contribution is -3.13. The number of fused-ring (bicyclic) bond motifs is 1. The smallest absolute Gasteiger partial charge is 0.336 e. The average Bonchev–Trinajstić information content (AvgIpc) is 2.65. The van der Waals surface area contributed by atoms with Crippen molar-refractivity contribution in [3.63, 3.8) is 0 Å². The summed E-state index contributed by atoms with van der Waals surface area (Å²) < 4.78 is 18.4. The first kappa shape index (κ1) is 17.5. The summed E-state index contributed by atoms with van der Waals surface area (Å²) in [6.07, 6.45) is 0. The van der Waals surface area contributed by atoms with Crippen LogP contribution < -0.4 is 20.5 Å². The van der Waals surface area contributed by atoms with Crippen LogP contribution >= 0.6 is 0 Å². The number of halogens is 1. The van der Waals surface area contributed by atoms with Gasteiger partial charge in [-0.25, -0.2) is 9.18 Å². The Labute approximate surface area is 156 Å². The van der Waals surface area contributed by atoms with Gasteiger partial charge in [0.05, 0.1) is 26.2 Å². The SMILES string of the molecule is Cc1cc2oc(=O)cc(C[NH+]3CCN(c4ccc(F)cc4)CC3)c2cc1[O-]. The van der Waals surface area contributed by atoms with E-state index in [0.717, 1.165) is 42.8 Å². The predicted octanol–water partition coefficient (Wildman–Crippen LogP) is 1.22. The van der Waals surface area contributed by atoms with E-state index in [-0.39, 0.29) is 17.2 Å². The highest BCUT2D eigenvalue weighted by Crippen LogP contribution is 2.24. The molecule has 0 bridgehead atoms. The van der Waals surface area contributed by atoms with E-state index in [0.29, 0.717) is 17.7 Å². The number of benzene rings is 2. The summed E-state index contributed by atoms with van der Waals surface area (Å²) in [6.45, 7) is 5.89. The molecule has 5 nitrogen and oxygen atoms in total. The molecule has 0 saturated carbocycles. The van der Waals surface area contributed by atoms with E-state index in [9.17, 15) is 14.3 Å². The first-order chi connectivity index (χ1) is 13.0. The number of rotatable bonds is 3. The van der Waals surface area contributed by atoms with Crippen molar-refractivity contribution in [2.24, 2.45) is 0 Å². The van der Waals surface area contributed by atoms with Gasteiger partial charge in [0.1, 0.15) is 17.9 Å². The van der Waals surface area contributed by atoms with E-state index in [1.807, 2.05) is 0 Å². The molecule has 1 saturated heterocycles. The third-order valence-corrected chi connectivity index (χ3v) is 5.23. The molecule has 3 aromatic rings. The Morgan fingerprint density at radius 3 is 2.56 bits per heavy atom. The van der Waals surface area contributed by atoms with E-state index in [1.165, 1.54) is 23.1 Å². The van der Waals surface area contributed by atoms with Gasteiger partial charge in [-0.3, -0.25) is 0 Å². The van der Waals surface area contributed by atoms with Gasteiger partial charge in [-0.15, -0.1) is 5.75 Å². The fourth-order valence-corrected chi connectivity index (χ4v) is 3.68. The zero-order valence-corrected chi connectivity index (χ0v) is 15.1. The van der Waals surface area contributed by atoms with Crippen molar-refractivity contribution in [1.82, 2.24) is 0 Å². The van der Waals surface area contributed by atoms with Crippen LogP contribution in [-0.2, 0) is 6.54 Å². The fourth-order valence-electron chi connectivity index (χ4n) is 3.68. The molecule has 0 spiro atoms. The molecule has 1 N–H and O–H groups in total. The Kier molecular flexibility index (Phi) is 4.58. The van der Waals surface area contributed by atoms with Gasteiger partial charge in [-0.2, -0.15) is 0 Å². The number of quaternary nitrogens is 1. The monoisotopic (exact) mass is 368 g/mol. The van der Waals surface area contributed by atoms with Crippen molar-refractivity contribution >= 4 is 16.7 Å². The number of aryl methyl sites for hydroxylation is 1. The number of nitrogens with zero attached hydrogens (tertiary/aromatic N) is 1. The maximum absolute atomic E-state index is 13.1. The molecular formula is C21H21FN2O3. The molecule has 0 radical (unpaired) electrons. The number of hydrogen-bond donors (Lipinski definition) is 1. The summed E-state index contributed by atoms with van der Waals surface area (Å²) in [5.41, 5.74) is 2.53. The highest BCUT2D eigenvalue weighted by atomic mass is 19.1. The Morgan fingerprint density at radius 1 is 1.15 bits per heavy atom. The molecule has 1 aliphatic rings. The normalized spacial score (nSPS) is 15.4. The Balaban J connectivity index is 1.51. The Bertz CT molecular complexity index is 1020. The van der Waals surface area contributed by atoms with Crippen molar-refractivity contribution in [3.8, 4) is 5.75 Å². The van der Waals surface area contributed by atoms with Crippen LogP contribution in [0, 0.1) is 12.7 Å². The molecule has 0 unspecified atom stereocenters. The van der Waals surface area contributed by atoms with Crippen LogP contribution in [-0.4, -0.2) is 26.2 Å². The highest BCUT2D eigenvalue weighted by Gasteiger charge is 2.21. The van der Waals surface area contributed by atoms with Gasteiger partial charge in [-0.05, 0) is 37.3 Å². The molecule has 27 heavy (non-hydrogen) atoms. The number of nitrogens with one attached hydrogen (secondary N) is 1.